The van der Waals surface area contributed by atoms with E-state index in [0.717, 1.165) is 24.5 Å². The Labute approximate surface area is 151 Å². The van der Waals surface area contributed by atoms with Crippen LogP contribution in [0.2, 0.25) is 0 Å². The van der Waals surface area contributed by atoms with Crippen LogP contribution in [0.1, 0.15) is 22.4 Å². The largest absolute Gasteiger partial charge is 0.416 e. The Morgan fingerprint density at radius 3 is 2.63 bits per heavy atom. The number of rotatable bonds is 3. The van der Waals surface area contributed by atoms with E-state index < -0.39 is 43.7 Å². The molecule has 1 aliphatic heterocycles. The summed E-state index contributed by atoms with van der Waals surface area (Å²) in [4.78, 5) is 19.7. The lowest BCUT2D eigenvalue weighted by Gasteiger charge is -2.28. The highest BCUT2D eigenvalue weighted by Crippen LogP contribution is 2.34. The van der Waals surface area contributed by atoms with Crippen molar-refractivity contribution in [3.63, 3.8) is 0 Å². The number of halogens is 4. The molecule has 6 nitrogen and oxygen atoms in total. The minimum atomic E-state index is -4.70. The third-order valence-corrected chi connectivity index (χ3v) is 5.18. The van der Waals surface area contributed by atoms with E-state index in [0.29, 0.717) is 0 Å². The Hall–Kier alpha value is -2.27. The standard InChI is InChI=1S/C16H15F4N3O3S/c1-27(25,26)15-21-13-8-23(6-5-9(13)14(24)22-15)7-10-11(16(18,19)20)3-2-4-12(10)17/h2-4H,5-8H2,1H3,(H,21,22,24). The van der Waals surface area contributed by atoms with Crippen LogP contribution in [0.15, 0.2) is 28.2 Å². The predicted molar refractivity (Wildman–Crippen MR) is 87.2 cm³/mol. The summed E-state index contributed by atoms with van der Waals surface area (Å²) in [5, 5.41) is -0.505. The van der Waals surface area contributed by atoms with Gasteiger partial charge in [-0.2, -0.15) is 13.2 Å². The minimum Gasteiger partial charge on any atom is -0.297 e. The molecule has 0 atom stereocenters. The van der Waals surface area contributed by atoms with E-state index >= 15 is 0 Å². The summed E-state index contributed by atoms with van der Waals surface area (Å²) in [6.45, 7) is -0.196. The Morgan fingerprint density at radius 1 is 1.30 bits per heavy atom. The van der Waals surface area contributed by atoms with Gasteiger partial charge in [-0.3, -0.25) is 14.7 Å². The highest BCUT2D eigenvalue weighted by Gasteiger charge is 2.35. The van der Waals surface area contributed by atoms with Crippen molar-refractivity contribution in [2.24, 2.45) is 0 Å². The number of aromatic amines is 1. The molecule has 2 aromatic rings. The second-order valence-corrected chi connectivity index (χ2v) is 8.22. The third-order valence-electron chi connectivity index (χ3n) is 4.29. The fourth-order valence-corrected chi connectivity index (χ4v) is 3.54. The second kappa shape index (κ2) is 6.71. The zero-order valence-electron chi connectivity index (χ0n) is 14.1. The number of benzene rings is 1. The molecule has 27 heavy (non-hydrogen) atoms. The zero-order chi connectivity index (χ0) is 20.0. The van der Waals surface area contributed by atoms with Crippen LogP contribution in [0, 0.1) is 5.82 Å². The van der Waals surface area contributed by atoms with Crippen LogP contribution in [0.5, 0.6) is 0 Å². The van der Waals surface area contributed by atoms with Gasteiger partial charge in [0.05, 0.1) is 11.3 Å². The first-order valence-electron chi connectivity index (χ1n) is 7.86. The molecule has 11 heteroatoms. The van der Waals surface area contributed by atoms with Crippen molar-refractivity contribution in [2.75, 3.05) is 12.8 Å². The molecule has 1 N–H and O–H groups in total. The van der Waals surface area contributed by atoms with Gasteiger partial charge in [0.25, 0.3) is 5.56 Å². The Bertz CT molecular complexity index is 1050. The monoisotopic (exact) mass is 405 g/mol. The van der Waals surface area contributed by atoms with Crippen molar-refractivity contribution in [2.45, 2.75) is 30.8 Å². The number of nitrogens with zero attached hydrogens (tertiary/aromatic N) is 2. The van der Waals surface area contributed by atoms with Gasteiger partial charge >= 0.3 is 6.18 Å². The van der Waals surface area contributed by atoms with Crippen LogP contribution < -0.4 is 5.56 Å². The van der Waals surface area contributed by atoms with Crippen LogP contribution in [-0.2, 0) is 35.5 Å². The van der Waals surface area contributed by atoms with Crippen LogP contribution in [0.4, 0.5) is 17.6 Å². The van der Waals surface area contributed by atoms with E-state index in [-0.39, 0.29) is 37.3 Å². The molecular weight excluding hydrogens is 390 g/mol. The van der Waals surface area contributed by atoms with Gasteiger partial charge in [0.2, 0.25) is 15.0 Å². The third kappa shape index (κ3) is 4.03. The average molecular weight is 405 g/mol. The van der Waals surface area contributed by atoms with Gasteiger partial charge in [-0.15, -0.1) is 0 Å². The summed E-state index contributed by atoms with van der Waals surface area (Å²) in [7, 11) is -3.76. The molecule has 0 unspecified atom stereocenters. The molecule has 146 valence electrons. The van der Waals surface area contributed by atoms with Gasteiger partial charge < -0.3 is 0 Å². The average Bonchev–Trinajstić information content (AvgIpc) is 2.54. The maximum absolute atomic E-state index is 14.0. The fourth-order valence-electron chi connectivity index (χ4n) is 2.99. The fraction of sp³-hybridized carbons (Fsp3) is 0.375. The van der Waals surface area contributed by atoms with Gasteiger partial charge in [0.15, 0.2) is 0 Å². The molecule has 0 saturated heterocycles. The quantitative estimate of drug-likeness (QED) is 0.623. The van der Waals surface area contributed by atoms with Gasteiger partial charge in [0.1, 0.15) is 5.82 Å². The van der Waals surface area contributed by atoms with Gasteiger partial charge in [0, 0.05) is 37.0 Å². The van der Waals surface area contributed by atoms with Gasteiger partial charge in [-0.05, 0) is 18.6 Å². The molecule has 1 aliphatic rings. The van der Waals surface area contributed by atoms with Crippen molar-refractivity contribution >= 4 is 9.84 Å². The highest BCUT2D eigenvalue weighted by molar-refractivity contribution is 7.90. The molecule has 0 spiro atoms. The molecule has 2 heterocycles. The lowest BCUT2D eigenvalue weighted by atomic mass is 10.0. The predicted octanol–water partition coefficient (Wildman–Crippen LogP) is 1.89. The smallest absolute Gasteiger partial charge is 0.297 e. The molecule has 0 saturated carbocycles. The van der Waals surface area contributed by atoms with E-state index in [2.05, 4.69) is 9.97 Å². The maximum atomic E-state index is 14.0. The molecule has 0 aliphatic carbocycles. The van der Waals surface area contributed by atoms with Crippen molar-refractivity contribution in [1.29, 1.82) is 0 Å². The van der Waals surface area contributed by atoms with Crippen molar-refractivity contribution in [3.05, 3.63) is 56.8 Å². The molecule has 1 aromatic carbocycles. The maximum Gasteiger partial charge on any atom is 0.416 e. The number of fused-ring (bicyclic) bond motifs is 1. The van der Waals surface area contributed by atoms with Crippen molar-refractivity contribution in [3.8, 4) is 0 Å². The van der Waals surface area contributed by atoms with E-state index in [9.17, 15) is 30.8 Å². The molecule has 0 bridgehead atoms. The lowest BCUT2D eigenvalue weighted by Crippen LogP contribution is -2.36. The first kappa shape index (κ1) is 19.5. The SMILES string of the molecule is CS(=O)(=O)c1nc2c(c(=O)[nH]1)CCN(Cc1c(F)cccc1C(F)(F)F)C2. The summed E-state index contributed by atoms with van der Waals surface area (Å²) < 4.78 is 76.7. The number of alkyl halides is 3. The van der Waals surface area contributed by atoms with Crippen LogP contribution in [0.3, 0.4) is 0 Å². The number of aromatic nitrogens is 2. The molecule has 1 aromatic heterocycles. The lowest BCUT2D eigenvalue weighted by molar-refractivity contribution is -0.138. The normalized spacial score (nSPS) is 15.6. The van der Waals surface area contributed by atoms with E-state index in [1.807, 2.05) is 0 Å². The summed E-state index contributed by atoms with van der Waals surface area (Å²) in [5.74, 6) is -0.980. The number of H-pyrrole nitrogens is 1. The number of hydrogen-bond donors (Lipinski definition) is 1. The molecule has 0 fully saturated rings. The van der Waals surface area contributed by atoms with E-state index in [1.165, 1.54) is 4.90 Å². The molecule has 3 rings (SSSR count). The molecule has 0 amide bonds. The highest BCUT2D eigenvalue weighted by atomic mass is 32.2. The second-order valence-electron chi connectivity index (χ2n) is 6.29. The van der Waals surface area contributed by atoms with Crippen LogP contribution in [-0.4, -0.2) is 36.1 Å². The minimum absolute atomic E-state index is 0.0621. The Morgan fingerprint density at radius 2 is 2.00 bits per heavy atom. The summed E-state index contributed by atoms with van der Waals surface area (Å²) in [6, 6.07) is 2.75. The summed E-state index contributed by atoms with van der Waals surface area (Å²) >= 11 is 0. The zero-order valence-corrected chi connectivity index (χ0v) is 14.9. The Kier molecular flexibility index (Phi) is 4.85. The van der Waals surface area contributed by atoms with Gasteiger partial charge in [-0.25, -0.2) is 17.8 Å². The molecule has 0 radical (unpaired) electrons. The van der Waals surface area contributed by atoms with Crippen LogP contribution >= 0.6 is 0 Å². The summed E-state index contributed by atoms with van der Waals surface area (Å²) in [6.07, 6.45) is -3.66. The first-order chi connectivity index (χ1) is 12.5. The first-order valence-corrected chi connectivity index (χ1v) is 9.75. The Balaban J connectivity index is 1.94. The molecular formula is C16H15F4N3O3S. The van der Waals surface area contributed by atoms with E-state index in [1.54, 1.807) is 0 Å². The van der Waals surface area contributed by atoms with Crippen LogP contribution in [0.25, 0.3) is 0 Å². The number of sulfone groups is 1. The van der Waals surface area contributed by atoms with Gasteiger partial charge in [-0.1, -0.05) is 6.07 Å². The van der Waals surface area contributed by atoms with Crippen molar-refractivity contribution in [1.82, 2.24) is 14.9 Å². The number of hydrogen-bond acceptors (Lipinski definition) is 5. The van der Waals surface area contributed by atoms with E-state index in [4.69, 9.17) is 0 Å². The van der Waals surface area contributed by atoms with Crippen molar-refractivity contribution < 1.29 is 26.0 Å². The topological polar surface area (TPSA) is 83.1 Å². The summed E-state index contributed by atoms with van der Waals surface area (Å²) in [5.41, 5.74) is -1.72. The number of nitrogens with one attached hydrogen (secondary N) is 1.